The number of carbonyl (C=O) groups is 3. The van der Waals surface area contributed by atoms with E-state index in [9.17, 15) is 14.4 Å². The highest BCUT2D eigenvalue weighted by molar-refractivity contribution is 5.71. The lowest BCUT2D eigenvalue weighted by molar-refractivity contribution is -0.167. The molecular formula is C57H94O6. The molecule has 0 bridgehead atoms. The maximum absolute atomic E-state index is 12.8. The fraction of sp³-hybridized carbons (Fsp3) is 0.667. The minimum atomic E-state index is -0.805. The molecule has 6 nitrogen and oxygen atoms in total. The normalized spacial score (nSPS) is 12.9. The van der Waals surface area contributed by atoms with E-state index < -0.39 is 6.10 Å². The number of hydrogen-bond donors (Lipinski definition) is 0. The SMILES string of the molecule is CC/C=C/C=C/C=C/CCCCCCCC(=O)OCC(COC(=O)CCCCCCC/C=C/C=C/CCCCCCCCC)OC(=O)CCCCCC/C=C/C/C=C/C/C=C/CC. The Balaban J connectivity index is 4.47. The fourth-order valence-electron chi connectivity index (χ4n) is 6.80. The summed E-state index contributed by atoms with van der Waals surface area (Å²) >= 11 is 0. The van der Waals surface area contributed by atoms with E-state index >= 15 is 0 Å². The Hall–Kier alpha value is -3.67. The lowest BCUT2D eigenvalue weighted by Crippen LogP contribution is -2.30. The number of esters is 3. The number of ether oxygens (including phenoxy) is 3. The number of unbranched alkanes of at least 4 members (excludes halogenated alkanes) is 21. The van der Waals surface area contributed by atoms with Crippen molar-refractivity contribution in [3.05, 3.63) is 97.2 Å². The van der Waals surface area contributed by atoms with Crippen molar-refractivity contribution in [1.29, 1.82) is 0 Å². The molecule has 0 heterocycles. The van der Waals surface area contributed by atoms with Crippen LogP contribution in [0, 0.1) is 0 Å². The molecule has 0 aromatic carbocycles. The second-order valence-corrected chi connectivity index (χ2v) is 16.8. The molecule has 1 atom stereocenters. The minimum Gasteiger partial charge on any atom is -0.462 e. The molecule has 0 aliphatic rings. The molecule has 0 spiro atoms. The van der Waals surface area contributed by atoms with Gasteiger partial charge in [0, 0.05) is 19.3 Å². The molecular weight excluding hydrogens is 781 g/mol. The van der Waals surface area contributed by atoms with Crippen molar-refractivity contribution in [3.63, 3.8) is 0 Å². The highest BCUT2D eigenvalue weighted by atomic mass is 16.6. The third-order valence-electron chi connectivity index (χ3n) is 10.6. The zero-order valence-corrected chi connectivity index (χ0v) is 40.8. The van der Waals surface area contributed by atoms with E-state index in [-0.39, 0.29) is 31.1 Å². The summed E-state index contributed by atoms with van der Waals surface area (Å²) in [7, 11) is 0. The van der Waals surface area contributed by atoms with E-state index in [4.69, 9.17) is 14.2 Å². The summed E-state index contributed by atoms with van der Waals surface area (Å²) in [6.07, 6.45) is 66.8. The quantitative estimate of drug-likeness (QED) is 0.0199. The van der Waals surface area contributed by atoms with Crippen molar-refractivity contribution in [2.24, 2.45) is 0 Å². The molecule has 0 saturated carbocycles. The van der Waals surface area contributed by atoms with Crippen LogP contribution >= 0.6 is 0 Å². The van der Waals surface area contributed by atoms with Gasteiger partial charge in [-0.1, -0.05) is 208 Å². The van der Waals surface area contributed by atoms with Crippen LogP contribution in [0.15, 0.2) is 97.2 Å². The van der Waals surface area contributed by atoms with E-state index in [2.05, 4.69) is 118 Å². The second kappa shape index (κ2) is 51.0. The first-order chi connectivity index (χ1) is 31.0. The van der Waals surface area contributed by atoms with Gasteiger partial charge in [0.15, 0.2) is 6.10 Å². The summed E-state index contributed by atoms with van der Waals surface area (Å²) in [6, 6.07) is 0. The summed E-state index contributed by atoms with van der Waals surface area (Å²) in [5.41, 5.74) is 0. The van der Waals surface area contributed by atoms with Crippen molar-refractivity contribution in [2.75, 3.05) is 13.2 Å². The summed E-state index contributed by atoms with van der Waals surface area (Å²) < 4.78 is 16.7. The Bertz CT molecular complexity index is 1280. The Morgan fingerprint density at radius 3 is 1.16 bits per heavy atom. The van der Waals surface area contributed by atoms with Gasteiger partial charge in [-0.05, 0) is 96.3 Å². The van der Waals surface area contributed by atoms with Gasteiger partial charge in [-0.3, -0.25) is 14.4 Å². The summed E-state index contributed by atoms with van der Waals surface area (Å²) in [5.74, 6) is -0.964. The topological polar surface area (TPSA) is 78.9 Å². The summed E-state index contributed by atoms with van der Waals surface area (Å²) in [6.45, 7) is 6.33. The fourth-order valence-corrected chi connectivity index (χ4v) is 6.80. The van der Waals surface area contributed by atoms with Gasteiger partial charge in [-0.2, -0.15) is 0 Å². The van der Waals surface area contributed by atoms with Crippen LogP contribution in [0.3, 0.4) is 0 Å². The van der Waals surface area contributed by atoms with Crippen LogP contribution in [-0.4, -0.2) is 37.2 Å². The number of carbonyl (C=O) groups excluding carboxylic acids is 3. The molecule has 0 aromatic rings. The number of hydrogen-bond acceptors (Lipinski definition) is 6. The van der Waals surface area contributed by atoms with Crippen molar-refractivity contribution in [1.82, 2.24) is 0 Å². The van der Waals surface area contributed by atoms with Gasteiger partial charge in [0.2, 0.25) is 0 Å². The molecule has 0 amide bonds. The molecule has 0 aliphatic carbocycles. The standard InChI is InChI=1S/C57H94O6/c1-4-7-10-13-16-19-22-25-27-28-29-30-33-35-38-41-44-47-50-56(59)62-53-54(52-61-55(58)49-46-43-40-37-34-31-24-21-18-15-12-9-6-3)63-57(60)51-48-45-42-39-36-32-26-23-20-17-14-11-8-5-2/h8-9,11-12,15,17-18,20-21,24,26-30,32,54H,4-7,10,13-14,16,19,22-23,25,31,33-53H2,1-3H3/b11-8+,12-9+,18-15+,20-17+,24-21+,28-27+,30-29+,32-26+. The first-order valence-electron chi connectivity index (χ1n) is 25.8. The average Bonchev–Trinajstić information content (AvgIpc) is 3.28. The van der Waals surface area contributed by atoms with Crippen LogP contribution in [-0.2, 0) is 28.6 Å². The van der Waals surface area contributed by atoms with E-state index in [1.165, 1.54) is 51.4 Å². The van der Waals surface area contributed by atoms with Gasteiger partial charge in [0.1, 0.15) is 13.2 Å². The van der Waals surface area contributed by atoms with Crippen molar-refractivity contribution < 1.29 is 28.6 Å². The lowest BCUT2D eigenvalue weighted by atomic mass is 10.1. The van der Waals surface area contributed by atoms with Crippen LogP contribution in [0.4, 0.5) is 0 Å². The second-order valence-electron chi connectivity index (χ2n) is 16.8. The van der Waals surface area contributed by atoms with E-state index in [1.54, 1.807) is 0 Å². The average molecular weight is 875 g/mol. The molecule has 0 rings (SSSR count). The molecule has 0 N–H and O–H groups in total. The third-order valence-corrected chi connectivity index (χ3v) is 10.6. The predicted molar refractivity (Wildman–Crippen MR) is 270 cm³/mol. The van der Waals surface area contributed by atoms with Crippen LogP contribution in [0.1, 0.15) is 226 Å². The Kier molecular flexibility index (Phi) is 48.0. The van der Waals surface area contributed by atoms with Gasteiger partial charge < -0.3 is 14.2 Å². The van der Waals surface area contributed by atoms with E-state index in [0.717, 1.165) is 135 Å². The Morgan fingerprint density at radius 2 is 0.698 bits per heavy atom. The Labute approximate surface area is 387 Å². The first kappa shape index (κ1) is 59.3. The highest BCUT2D eigenvalue weighted by Crippen LogP contribution is 2.13. The molecule has 0 radical (unpaired) electrons. The molecule has 63 heavy (non-hydrogen) atoms. The summed E-state index contributed by atoms with van der Waals surface area (Å²) in [4.78, 5) is 38.0. The highest BCUT2D eigenvalue weighted by Gasteiger charge is 2.19. The van der Waals surface area contributed by atoms with Gasteiger partial charge in [-0.25, -0.2) is 0 Å². The van der Waals surface area contributed by atoms with Gasteiger partial charge in [-0.15, -0.1) is 0 Å². The van der Waals surface area contributed by atoms with Crippen molar-refractivity contribution >= 4 is 17.9 Å². The lowest BCUT2D eigenvalue weighted by Gasteiger charge is -2.18. The van der Waals surface area contributed by atoms with Crippen LogP contribution in [0.2, 0.25) is 0 Å². The van der Waals surface area contributed by atoms with Gasteiger partial charge >= 0.3 is 17.9 Å². The summed E-state index contributed by atoms with van der Waals surface area (Å²) in [5, 5.41) is 0. The molecule has 6 heteroatoms. The minimum absolute atomic E-state index is 0.103. The smallest absolute Gasteiger partial charge is 0.306 e. The van der Waals surface area contributed by atoms with E-state index in [1.807, 2.05) is 0 Å². The molecule has 0 saturated heterocycles. The van der Waals surface area contributed by atoms with Crippen molar-refractivity contribution in [2.45, 2.75) is 232 Å². The Morgan fingerprint density at radius 1 is 0.349 bits per heavy atom. The predicted octanol–water partition coefficient (Wildman–Crippen LogP) is 17.0. The van der Waals surface area contributed by atoms with Crippen molar-refractivity contribution in [3.8, 4) is 0 Å². The van der Waals surface area contributed by atoms with E-state index in [0.29, 0.717) is 19.3 Å². The molecule has 1 unspecified atom stereocenters. The number of rotatable bonds is 45. The number of allylic oxidation sites excluding steroid dienone is 16. The van der Waals surface area contributed by atoms with Crippen LogP contribution < -0.4 is 0 Å². The molecule has 358 valence electrons. The molecule has 0 aromatic heterocycles. The first-order valence-corrected chi connectivity index (χ1v) is 25.8. The molecule has 0 aliphatic heterocycles. The third kappa shape index (κ3) is 49.2. The molecule has 0 fully saturated rings. The van der Waals surface area contributed by atoms with Gasteiger partial charge in [0.05, 0.1) is 0 Å². The zero-order valence-electron chi connectivity index (χ0n) is 40.8. The van der Waals surface area contributed by atoms with Crippen LogP contribution in [0.25, 0.3) is 0 Å². The maximum Gasteiger partial charge on any atom is 0.306 e. The zero-order chi connectivity index (χ0) is 45.8. The monoisotopic (exact) mass is 875 g/mol. The largest absolute Gasteiger partial charge is 0.462 e. The maximum atomic E-state index is 12.8. The van der Waals surface area contributed by atoms with Gasteiger partial charge in [0.25, 0.3) is 0 Å². The van der Waals surface area contributed by atoms with Crippen LogP contribution in [0.5, 0.6) is 0 Å².